The maximum atomic E-state index is 5.84. The van der Waals surface area contributed by atoms with Crippen LogP contribution in [0.1, 0.15) is 25.3 Å². The van der Waals surface area contributed by atoms with Crippen molar-refractivity contribution in [2.75, 3.05) is 13.4 Å². The molecule has 4 heteroatoms. The molecule has 1 aliphatic carbocycles. The van der Waals surface area contributed by atoms with Crippen molar-refractivity contribution in [3.8, 4) is 5.75 Å². The van der Waals surface area contributed by atoms with E-state index < -0.39 is 0 Å². The summed E-state index contributed by atoms with van der Waals surface area (Å²) in [4.78, 5) is 0. The Morgan fingerprint density at radius 1 is 1.44 bits per heavy atom. The van der Waals surface area contributed by atoms with Crippen LogP contribution in [0, 0.1) is 5.92 Å². The highest BCUT2D eigenvalue weighted by atomic mass is 79.9. The first-order valence-corrected chi connectivity index (χ1v) is 7.19. The molecule has 1 saturated carbocycles. The number of ether oxygens (including phenoxy) is 2. The van der Waals surface area contributed by atoms with Gasteiger partial charge in [0, 0.05) is 6.04 Å². The van der Waals surface area contributed by atoms with E-state index in [2.05, 4.69) is 15.9 Å². The quantitative estimate of drug-likeness (QED) is 0.621. The van der Waals surface area contributed by atoms with Crippen LogP contribution in [-0.4, -0.2) is 19.4 Å². The SMILES string of the molecule is CC(N)Cc1cccc(Br)c1OCOCC1CC1. The number of nitrogens with two attached hydrogens (primary N) is 1. The van der Waals surface area contributed by atoms with Crippen molar-refractivity contribution in [3.05, 3.63) is 28.2 Å². The molecule has 2 rings (SSSR count). The lowest BCUT2D eigenvalue weighted by atomic mass is 10.1. The molecule has 1 unspecified atom stereocenters. The fraction of sp³-hybridized carbons (Fsp3) is 0.571. The van der Waals surface area contributed by atoms with Crippen LogP contribution < -0.4 is 10.5 Å². The summed E-state index contributed by atoms with van der Waals surface area (Å²) in [5, 5.41) is 0. The van der Waals surface area contributed by atoms with Crippen molar-refractivity contribution in [2.45, 2.75) is 32.2 Å². The van der Waals surface area contributed by atoms with Crippen molar-refractivity contribution in [3.63, 3.8) is 0 Å². The van der Waals surface area contributed by atoms with E-state index in [0.29, 0.717) is 6.79 Å². The number of rotatable bonds is 7. The van der Waals surface area contributed by atoms with Crippen LogP contribution in [0.25, 0.3) is 0 Å². The fourth-order valence-electron chi connectivity index (χ4n) is 1.82. The Morgan fingerprint density at radius 2 is 2.22 bits per heavy atom. The second-order valence-corrected chi connectivity index (χ2v) is 5.84. The highest BCUT2D eigenvalue weighted by Crippen LogP contribution is 2.31. The number of para-hydroxylation sites is 1. The number of halogens is 1. The average molecular weight is 314 g/mol. The lowest BCUT2D eigenvalue weighted by Crippen LogP contribution is -2.18. The van der Waals surface area contributed by atoms with Gasteiger partial charge in [-0.05, 0) is 59.7 Å². The van der Waals surface area contributed by atoms with Crippen LogP contribution in [0.2, 0.25) is 0 Å². The third kappa shape index (κ3) is 4.26. The summed E-state index contributed by atoms with van der Waals surface area (Å²) in [5.74, 6) is 1.61. The molecule has 1 aromatic rings. The smallest absolute Gasteiger partial charge is 0.189 e. The molecule has 100 valence electrons. The largest absolute Gasteiger partial charge is 0.466 e. The predicted molar refractivity (Wildman–Crippen MR) is 75.7 cm³/mol. The van der Waals surface area contributed by atoms with Gasteiger partial charge in [0.05, 0.1) is 11.1 Å². The number of benzene rings is 1. The molecule has 1 atom stereocenters. The van der Waals surface area contributed by atoms with Gasteiger partial charge in [-0.1, -0.05) is 12.1 Å². The molecule has 0 saturated heterocycles. The summed E-state index contributed by atoms with van der Waals surface area (Å²) >= 11 is 3.51. The van der Waals surface area contributed by atoms with Crippen LogP contribution in [0.3, 0.4) is 0 Å². The zero-order valence-corrected chi connectivity index (χ0v) is 12.3. The van der Waals surface area contributed by atoms with Crippen LogP contribution in [-0.2, 0) is 11.2 Å². The highest BCUT2D eigenvalue weighted by Gasteiger charge is 2.21. The Labute approximate surface area is 117 Å². The van der Waals surface area contributed by atoms with Gasteiger partial charge in [0.25, 0.3) is 0 Å². The van der Waals surface area contributed by atoms with Crippen molar-refractivity contribution in [1.29, 1.82) is 0 Å². The summed E-state index contributed by atoms with van der Waals surface area (Å²) in [6.45, 7) is 3.12. The number of hydrogen-bond acceptors (Lipinski definition) is 3. The van der Waals surface area contributed by atoms with Crippen molar-refractivity contribution in [2.24, 2.45) is 11.7 Å². The van der Waals surface area contributed by atoms with Gasteiger partial charge >= 0.3 is 0 Å². The Morgan fingerprint density at radius 3 is 2.89 bits per heavy atom. The molecule has 1 aromatic carbocycles. The summed E-state index contributed by atoms with van der Waals surface area (Å²) in [6.07, 6.45) is 3.40. The highest BCUT2D eigenvalue weighted by molar-refractivity contribution is 9.10. The van der Waals surface area contributed by atoms with E-state index in [0.717, 1.165) is 34.7 Å². The predicted octanol–water partition coefficient (Wildman–Crippen LogP) is 3.10. The molecule has 0 aliphatic heterocycles. The maximum absolute atomic E-state index is 5.84. The second kappa shape index (κ2) is 6.55. The van der Waals surface area contributed by atoms with Crippen molar-refractivity contribution >= 4 is 15.9 Å². The molecule has 0 heterocycles. The summed E-state index contributed by atoms with van der Waals surface area (Å²) in [5.41, 5.74) is 6.96. The van der Waals surface area contributed by atoms with Crippen molar-refractivity contribution < 1.29 is 9.47 Å². The molecule has 2 N–H and O–H groups in total. The zero-order chi connectivity index (χ0) is 13.0. The van der Waals surface area contributed by atoms with E-state index in [1.54, 1.807) is 0 Å². The van der Waals surface area contributed by atoms with Crippen LogP contribution in [0.15, 0.2) is 22.7 Å². The van der Waals surface area contributed by atoms with E-state index >= 15 is 0 Å². The summed E-state index contributed by atoms with van der Waals surface area (Å²) in [6, 6.07) is 6.14. The van der Waals surface area contributed by atoms with Gasteiger partial charge in [-0.15, -0.1) is 0 Å². The second-order valence-electron chi connectivity index (χ2n) is 4.99. The van der Waals surface area contributed by atoms with E-state index in [1.165, 1.54) is 12.8 Å². The van der Waals surface area contributed by atoms with Gasteiger partial charge in [-0.3, -0.25) is 0 Å². The van der Waals surface area contributed by atoms with Gasteiger partial charge in [-0.25, -0.2) is 0 Å². The maximum Gasteiger partial charge on any atom is 0.189 e. The molecular formula is C14H20BrNO2. The Balaban J connectivity index is 1.90. The monoisotopic (exact) mass is 313 g/mol. The van der Waals surface area contributed by atoms with E-state index in [-0.39, 0.29) is 6.04 Å². The van der Waals surface area contributed by atoms with Gasteiger partial charge in [0.15, 0.2) is 6.79 Å². The van der Waals surface area contributed by atoms with Gasteiger partial charge in [0.2, 0.25) is 0 Å². The molecular weight excluding hydrogens is 294 g/mol. The summed E-state index contributed by atoms with van der Waals surface area (Å²) in [7, 11) is 0. The molecule has 18 heavy (non-hydrogen) atoms. The van der Waals surface area contributed by atoms with Crippen LogP contribution in [0.4, 0.5) is 0 Å². The first kappa shape index (κ1) is 13.8. The summed E-state index contributed by atoms with van der Waals surface area (Å²) < 4.78 is 12.2. The number of hydrogen-bond donors (Lipinski definition) is 1. The average Bonchev–Trinajstić information content (AvgIpc) is 3.10. The lowest BCUT2D eigenvalue weighted by molar-refractivity contribution is 0.00901. The van der Waals surface area contributed by atoms with Gasteiger partial charge in [-0.2, -0.15) is 0 Å². The van der Waals surface area contributed by atoms with E-state index in [1.807, 2.05) is 25.1 Å². The minimum Gasteiger partial charge on any atom is -0.466 e. The van der Waals surface area contributed by atoms with E-state index in [9.17, 15) is 0 Å². The molecule has 0 aromatic heterocycles. The molecule has 3 nitrogen and oxygen atoms in total. The zero-order valence-electron chi connectivity index (χ0n) is 10.7. The minimum atomic E-state index is 0.119. The minimum absolute atomic E-state index is 0.119. The lowest BCUT2D eigenvalue weighted by Gasteiger charge is -2.14. The topological polar surface area (TPSA) is 44.5 Å². The first-order chi connectivity index (χ1) is 8.66. The van der Waals surface area contributed by atoms with Crippen LogP contribution >= 0.6 is 15.9 Å². The Kier molecular flexibility index (Phi) is 5.03. The normalized spacial score (nSPS) is 16.6. The fourth-order valence-corrected chi connectivity index (χ4v) is 2.34. The van der Waals surface area contributed by atoms with Gasteiger partial charge in [0.1, 0.15) is 5.75 Å². The molecule has 0 amide bonds. The molecule has 0 spiro atoms. The van der Waals surface area contributed by atoms with E-state index in [4.69, 9.17) is 15.2 Å². The first-order valence-electron chi connectivity index (χ1n) is 6.40. The Hall–Kier alpha value is -0.580. The molecule has 0 bridgehead atoms. The Bertz CT molecular complexity index is 391. The standard InChI is InChI=1S/C14H20BrNO2/c1-10(16)7-12-3-2-4-13(15)14(12)18-9-17-8-11-5-6-11/h2-4,10-11H,5-9,16H2,1H3. The third-order valence-electron chi connectivity index (χ3n) is 2.93. The van der Waals surface area contributed by atoms with Crippen LogP contribution in [0.5, 0.6) is 5.75 Å². The molecule has 0 radical (unpaired) electrons. The third-order valence-corrected chi connectivity index (χ3v) is 3.55. The van der Waals surface area contributed by atoms with Crippen molar-refractivity contribution in [1.82, 2.24) is 0 Å². The van der Waals surface area contributed by atoms with Gasteiger partial charge < -0.3 is 15.2 Å². The molecule has 1 aliphatic rings. The molecule has 1 fully saturated rings.